The number of benzene rings is 1. The number of nitrogens with zero attached hydrogens (tertiary/aromatic N) is 1. The summed E-state index contributed by atoms with van der Waals surface area (Å²) >= 11 is 3.52. The monoisotopic (exact) mass is 318 g/mol. The van der Waals surface area contributed by atoms with E-state index in [-0.39, 0.29) is 6.04 Å². The van der Waals surface area contributed by atoms with Gasteiger partial charge in [-0.25, -0.2) is 0 Å². The molecule has 0 aliphatic rings. The van der Waals surface area contributed by atoms with E-state index in [4.69, 9.17) is 0 Å². The molecule has 1 aromatic heterocycles. The Bertz CT molecular complexity index is 540. The van der Waals surface area contributed by atoms with E-state index < -0.39 is 0 Å². The maximum absolute atomic E-state index is 4.57. The van der Waals surface area contributed by atoms with Crippen LogP contribution in [0.1, 0.15) is 29.8 Å². The van der Waals surface area contributed by atoms with Crippen LogP contribution in [0.15, 0.2) is 47.1 Å². The van der Waals surface area contributed by atoms with Crippen molar-refractivity contribution in [2.75, 3.05) is 7.05 Å². The molecule has 0 aliphatic heterocycles. The summed E-state index contributed by atoms with van der Waals surface area (Å²) in [7, 11) is 2.00. The summed E-state index contributed by atoms with van der Waals surface area (Å²) < 4.78 is 1.12. The summed E-state index contributed by atoms with van der Waals surface area (Å²) in [4.78, 5) is 4.57. The number of halogens is 1. The van der Waals surface area contributed by atoms with Crippen LogP contribution in [0.2, 0.25) is 0 Å². The van der Waals surface area contributed by atoms with Crippen LogP contribution in [-0.2, 0) is 12.8 Å². The summed E-state index contributed by atoms with van der Waals surface area (Å²) in [5.74, 6) is 0. The van der Waals surface area contributed by atoms with Crippen LogP contribution in [-0.4, -0.2) is 12.0 Å². The van der Waals surface area contributed by atoms with E-state index in [0.29, 0.717) is 0 Å². The molecule has 0 saturated heterocycles. The molecule has 0 saturated carbocycles. The molecule has 0 amide bonds. The Kier molecular flexibility index (Phi) is 5.11. The first-order valence-electron chi connectivity index (χ1n) is 6.60. The number of aryl methyl sites for hydroxylation is 1. The van der Waals surface area contributed by atoms with Gasteiger partial charge >= 0.3 is 0 Å². The maximum atomic E-state index is 4.57. The van der Waals surface area contributed by atoms with Crippen molar-refractivity contribution in [3.05, 3.63) is 63.9 Å². The highest BCUT2D eigenvalue weighted by atomic mass is 79.9. The van der Waals surface area contributed by atoms with Crippen molar-refractivity contribution in [3.8, 4) is 0 Å². The summed E-state index contributed by atoms with van der Waals surface area (Å²) in [5, 5.41) is 3.38. The largest absolute Gasteiger partial charge is 0.311 e. The van der Waals surface area contributed by atoms with E-state index in [0.717, 1.165) is 23.0 Å². The molecule has 2 aromatic rings. The molecule has 1 aromatic carbocycles. The van der Waals surface area contributed by atoms with Crippen molar-refractivity contribution < 1.29 is 0 Å². The third kappa shape index (κ3) is 3.64. The molecular formula is C16H19BrN2. The van der Waals surface area contributed by atoms with Gasteiger partial charge < -0.3 is 5.32 Å². The lowest BCUT2D eigenvalue weighted by Crippen LogP contribution is -2.21. The predicted molar refractivity (Wildman–Crippen MR) is 83.3 cm³/mol. The quantitative estimate of drug-likeness (QED) is 0.904. The fourth-order valence-corrected chi connectivity index (χ4v) is 2.75. The average molecular weight is 319 g/mol. The Morgan fingerprint density at radius 1 is 1.26 bits per heavy atom. The van der Waals surface area contributed by atoms with Gasteiger partial charge in [-0.1, -0.05) is 41.1 Å². The molecule has 0 radical (unpaired) electrons. The van der Waals surface area contributed by atoms with Gasteiger partial charge in [0.05, 0.1) is 11.7 Å². The molecule has 0 aliphatic carbocycles. The van der Waals surface area contributed by atoms with Gasteiger partial charge in [0.1, 0.15) is 0 Å². The third-order valence-corrected chi connectivity index (χ3v) is 3.81. The van der Waals surface area contributed by atoms with Crippen molar-refractivity contribution in [1.82, 2.24) is 10.3 Å². The van der Waals surface area contributed by atoms with E-state index in [2.05, 4.69) is 63.5 Å². The molecule has 0 fully saturated rings. The number of hydrogen-bond acceptors (Lipinski definition) is 2. The molecule has 1 atom stereocenters. The van der Waals surface area contributed by atoms with Crippen LogP contribution in [0.4, 0.5) is 0 Å². The lowest BCUT2D eigenvalue weighted by atomic mass is 9.98. The van der Waals surface area contributed by atoms with Crippen molar-refractivity contribution in [3.63, 3.8) is 0 Å². The molecule has 0 bridgehead atoms. The Morgan fingerprint density at radius 3 is 2.79 bits per heavy atom. The number of pyridine rings is 1. The Balaban J connectivity index is 2.25. The first-order valence-corrected chi connectivity index (χ1v) is 7.39. The van der Waals surface area contributed by atoms with Gasteiger partial charge in [-0.05, 0) is 49.2 Å². The Hall–Kier alpha value is -1.19. The minimum absolute atomic E-state index is 0.255. The SMILES string of the molecule is CCc1cccnc1C(Cc1cccc(Br)c1)NC. The molecule has 1 N–H and O–H groups in total. The van der Waals surface area contributed by atoms with E-state index in [1.54, 1.807) is 0 Å². The second kappa shape index (κ2) is 6.83. The van der Waals surface area contributed by atoms with E-state index in [1.807, 2.05) is 19.3 Å². The van der Waals surface area contributed by atoms with E-state index >= 15 is 0 Å². The first kappa shape index (κ1) is 14.2. The molecule has 2 nitrogen and oxygen atoms in total. The molecule has 3 heteroatoms. The molecule has 19 heavy (non-hydrogen) atoms. The number of aromatic nitrogens is 1. The molecule has 1 heterocycles. The van der Waals surface area contributed by atoms with Crippen molar-refractivity contribution >= 4 is 15.9 Å². The van der Waals surface area contributed by atoms with Crippen molar-refractivity contribution in [1.29, 1.82) is 0 Å². The highest BCUT2D eigenvalue weighted by Crippen LogP contribution is 2.21. The van der Waals surface area contributed by atoms with Gasteiger partial charge in [-0.3, -0.25) is 4.98 Å². The normalized spacial score (nSPS) is 12.4. The summed E-state index contributed by atoms with van der Waals surface area (Å²) in [5.41, 5.74) is 3.78. The van der Waals surface area contributed by atoms with Gasteiger partial charge in [-0.15, -0.1) is 0 Å². The summed E-state index contributed by atoms with van der Waals surface area (Å²) in [6.07, 6.45) is 3.83. The Labute approximate surface area is 123 Å². The first-order chi connectivity index (χ1) is 9.24. The minimum atomic E-state index is 0.255. The number of nitrogens with one attached hydrogen (secondary N) is 1. The zero-order valence-corrected chi connectivity index (χ0v) is 12.9. The highest BCUT2D eigenvalue weighted by molar-refractivity contribution is 9.10. The lowest BCUT2D eigenvalue weighted by Gasteiger charge is -2.18. The minimum Gasteiger partial charge on any atom is -0.311 e. The second-order valence-electron chi connectivity index (χ2n) is 4.58. The fourth-order valence-electron chi connectivity index (χ4n) is 2.30. The van der Waals surface area contributed by atoms with Crippen LogP contribution in [0.5, 0.6) is 0 Å². The van der Waals surface area contributed by atoms with Crippen LogP contribution >= 0.6 is 15.9 Å². The van der Waals surface area contributed by atoms with E-state index in [1.165, 1.54) is 11.1 Å². The van der Waals surface area contributed by atoms with Crippen molar-refractivity contribution in [2.24, 2.45) is 0 Å². The summed E-state index contributed by atoms with van der Waals surface area (Å²) in [6, 6.07) is 12.9. The smallest absolute Gasteiger partial charge is 0.0608 e. The van der Waals surface area contributed by atoms with E-state index in [9.17, 15) is 0 Å². The zero-order chi connectivity index (χ0) is 13.7. The van der Waals surface area contributed by atoms with Crippen LogP contribution in [0.25, 0.3) is 0 Å². The number of hydrogen-bond donors (Lipinski definition) is 1. The fraction of sp³-hybridized carbons (Fsp3) is 0.312. The number of rotatable bonds is 5. The van der Waals surface area contributed by atoms with Crippen molar-refractivity contribution in [2.45, 2.75) is 25.8 Å². The maximum Gasteiger partial charge on any atom is 0.0608 e. The average Bonchev–Trinajstić information content (AvgIpc) is 2.45. The standard InChI is InChI=1S/C16H19BrN2/c1-3-13-7-5-9-19-16(13)15(18-2)11-12-6-4-8-14(17)10-12/h4-10,15,18H,3,11H2,1-2H3. The zero-order valence-electron chi connectivity index (χ0n) is 11.4. The highest BCUT2D eigenvalue weighted by Gasteiger charge is 2.14. The van der Waals surface area contributed by atoms with Crippen LogP contribution < -0.4 is 5.32 Å². The third-order valence-electron chi connectivity index (χ3n) is 3.31. The predicted octanol–water partition coefficient (Wildman–Crippen LogP) is 3.91. The topological polar surface area (TPSA) is 24.9 Å². The molecule has 2 rings (SSSR count). The van der Waals surface area contributed by atoms with Gasteiger partial charge in [0.25, 0.3) is 0 Å². The molecule has 1 unspecified atom stereocenters. The molecular weight excluding hydrogens is 300 g/mol. The lowest BCUT2D eigenvalue weighted by molar-refractivity contribution is 0.570. The van der Waals surface area contributed by atoms with Crippen LogP contribution in [0.3, 0.4) is 0 Å². The van der Waals surface area contributed by atoms with Crippen LogP contribution in [0, 0.1) is 0 Å². The van der Waals surface area contributed by atoms with Gasteiger partial charge in [0.2, 0.25) is 0 Å². The Morgan fingerprint density at radius 2 is 2.11 bits per heavy atom. The number of likely N-dealkylation sites (N-methyl/N-ethyl adjacent to an activating group) is 1. The summed E-state index contributed by atoms with van der Waals surface area (Å²) in [6.45, 7) is 2.17. The van der Waals surface area contributed by atoms with Gasteiger partial charge in [0.15, 0.2) is 0 Å². The second-order valence-corrected chi connectivity index (χ2v) is 5.49. The molecule has 0 spiro atoms. The van der Waals surface area contributed by atoms with Gasteiger partial charge in [-0.2, -0.15) is 0 Å². The molecule has 100 valence electrons. The van der Waals surface area contributed by atoms with Gasteiger partial charge in [0, 0.05) is 10.7 Å².